The number of halogens is 1. The van der Waals surface area contributed by atoms with Crippen LogP contribution in [0.2, 0.25) is 0 Å². The highest BCUT2D eigenvalue weighted by Gasteiger charge is 2.16. The second-order valence-electron chi connectivity index (χ2n) is 4.68. The summed E-state index contributed by atoms with van der Waals surface area (Å²) in [4.78, 5) is 1.22. The van der Waals surface area contributed by atoms with Gasteiger partial charge >= 0.3 is 0 Å². The van der Waals surface area contributed by atoms with Crippen molar-refractivity contribution in [2.45, 2.75) is 24.3 Å². The molecule has 0 aliphatic carbocycles. The summed E-state index contributed by atoms with van der Waals surface area (Å²) in [5.74, 6) is -0.157. The predicted octanol–water partition coefficient (Wildman–Crippen LogP) is 4.64. The van der Waals surface area contributed by atoms with Crippen molar-refractivity contribution in [3.05, 3.63) is 65.5 Å². The number of rotatable bonds is 6. The van der Waals surface area contributed by atoms with Crippen LogP contribution in [0.5, 0.6) is 0 Å². The summed E-state index contributed by atoms with van der Waals surface area (Å²) in [6.07, 6.45) is 3.08. The van der Waals surface area contributed by atoms with Crippen LogP contribution in [0.25, 0.3) is 0 Å². The van der Waals surface area contributed by atoms with E-state index in [1.165, 1.54) is 11.0 Å². The standard InChI is InChI=1S/C17H20FNS/c1-3-12-19-17(15-6-4-5-7-16(15)18)13-8-10-14(20-2)11-9-13/h4-11,17,19H,3,12H2,1-2H3. The van der Waals surface area contributed by atoms with E-state index in [9.17, 15) is 4.39 Å². The van der Waals surface area contributed by atoms with Gasteiger partial charge in [0.15, 0.2) is 0 Å². The van der Waals surface area contributed by atoms with Gasteiger partial charge in [0.2, 0.25) is 0 Å². The highest BCUT2D eigenvalue weighted by Crippen LogP contribution is 2.26. The first-order chi connectivity index (χ1) is 9.76. The van der Waals surface area contributed by atoms with Crippen LogP contribution in [0.4, 0.5) is 4.39 Å². The quantitative estimate of drug-likeness (QED) is 0.778. The third-order valence-corrected chi connectivity index (χ3v) is 4.01. The van der Waals surface area contributed by atoms with Crippen LogP contribution < -0.4 is 5.32 Å². The van der Waals surface area contributed by atoms with Crippen molar-refractivity contribution in [2.24, 2.45) is 0 Å². The predicted molar refractivity (Wildman–Crippen MR) is 84.8 cm³/mol. The van der Waals surface area contributed by atoms with E-state index in [4.69, 9.17) is 0 Å². The summed E-state index contributed by atoms with van der Waals surface area (Å²) in [5.41, 5.74) is 1.80. The molecule has 0 radical (unpaired) electrons. The highest BCUT2D eigenvalue weighted by atomic mass is 32.2. The van der Waals surface area contributed by atoms with Crippen LogP contribution in [0.1, 0.15) is 30.5 Å². The lowest BCUT2D eigenvalue weighted by atomic mass is 9.98. The molecule has 1 N–H and O–H groups in total. The summed E-state index contributed by atoms with van der Waals surface area (Å²) in [7, 11) is 0. The molecule has 0 heterocycles. The van der Waals surface area contributed by atoms with Crippen molar-refractivity contribution in [3.63, 3.8) is 0 Å². The monoisotopic (exact) mass is 289 g/mol. The average molecular weight is 289 g/mol. The summed E-state index contributed by atoms with van der Waals surface area (Å²) in [6, 6.07) is 15.2. The van der Waals surface area contributed by atoms with E-state index in [0.717, 1.165) is 18.5 Å². The third kappa shape index (κ3) is 3.62. The number of benzene rings is 2. The van der Waals surface area contributed by atoms with E-state index in [1.807, 2.05) is 12.1 Å². The molecule has 0 aliphatic heterocycles. The Balaban J connectivity index is 2.33. The SMILES string of the molecule is CCCNC(c1ccc(SC)cc1)c1ccccc1F. The Kier molecular flexibility index (Phi) is 5.62. The van der Waals surface area contributed by atoms with Crippen LogP contribution in [-0.4, -0.2) is 12.8 Å². The summed E-state index contributed by atoms with van der Waals surface area (Å²) >= 11 is 1.71. The molecule has 0 fully saturated rings. The van der Waals surface area contributed by atoms with E-state index in [0.29, 0.717) is 5.56 Å². The first-order valence-corrected chi connectivity index (χ1v) is 8.10. The minimum Gasteiger partial charge on any atom is -0.306 e. The highest BCUT2D eigenvalue weighted by molar-refractivity contribution is 7.98. The Morgan fingerprint density at radius 3 is 2.40 bits per heavy atom. The van der Waals surface area contributed by atoms with Gasteiger partial charge in [-0.1, -0.05) is 37.3 Å². The largest absolute Gasteiger partial charge is 0.306 e. The van der Waals surface area contributed by atoms with Crippen LogP contribution in [0, 0.1) is 5.82 Å². The number of hydrogen-bond acceptors (Lipinski definition) is 2. The Morgan fingerprint density at radius 1 is 1.10 bits per heavy atom. The van der Waals surface area contributed by atoms with Crippen LogP contribution in [-0.2, 0) is 0 Å². The molecule has 0 spiro atoms. The van der Waals surface area contributed by atoms with Gasteiger partial charge in [-0.05, 0) is 43.0 Å². The van der Waals surface area contributed by atoms with Gasteiger partial charge in [0.1, 0.15) is 5.82 Å². The molecule has 2 rings (SSSR count). The normalized spacial score (nSPS) is 12.3. The number of nitrogens with one attached hydrogen (secondary N) is 1. The van der Waals surface area contributed by atoms with Gasteiger partial charge in [-0.2, -0.15) is 0 Å². The Bertz CT molecular complexity index is 539. The molecule has 106 valence electrons. The second kappa shape index (κ2) is 7.46. The molecule has 0 amide bonds. The van der Waals surface area contributed by atoms with Gasteiger partial charge in [-0.15, -0.1) is 11.8 Å². The molecule has 1 atom stereocenters. The minimum absolute atomic E-state index is 0.0907. The van der Waals surface area contributed by atoms with Gasteiger partial charge in [-0.25, -0.2) is 4.39 Å². The lowest BCUT2D eigenvalue weighted by molar-refractivity contribution is 0.546. The van der Waals surface area contributed by atoms with E-state index in [2.05, 4.69) is 42.8 Å². The first kappa shape index (κ1) is 15.1. The maximum absolute atomic E-state index is 14.1. The molecule has 2 aromatic rings. The third-order valence-electron chi connectivity index (χ3n) is 3.26. The van der Waals surface area contributed by atoms with E-state index in [1.54, 1.807) is 17.8 Å². The molecule has 1 nitrogen and oxygen atoms in total. The molecule has 0 saturated heterocycles. The maximum Gasteiger partial charge on any atom is 0.128 e. The fraction of sp³-hybridized carbons (Fsp3) is 0.294. The molecule has 0 saturated carbocycles. The van der Waals surface area contributed by atoms with Gasteiger partial charge in [0.05, 0.1) is 6.04 Å². The number of thioether (sulfide) groups is 1. The molecule has 1 unspecified atom stereocenters. The summed E-state index contributed by atoms with van der Waals surface area (Å²) in [6.45, 7) is 2.98. The average Bonchev–Trinajstić information content (AvgIpc) is 2.50. The van der Waals surface area contributed by atoms with Crippen LogP contribution in [0.15, 0.2) is 53.4 Å². The smallest absolute Gasteiger partial charge is 0.128 e. The van der Waals surface area contributed by atoms with Crippen LogP contribution >= 0.6 is 11.8 Å². The van der Waals surface area contributed by atoms with Crippen molar-refractivity contribution in [2.75, 3.05) is 12.8 Å². The lowest BCUT2D eigenvalue weighted by Gasteiger charge is -2.20. The van der Waals surface area contributed by atoms with Crippen LogP contribution in [0.3, 0.4) is 0 Å². The van der Waals surface area contributed by atoms with E-state index < -0.39 is 0 Å². The maximum atomic E-state index is 14.1. The Morgan fingerprint density at radius 2 is 1.80 bits per heavy atom. The van der Waals surface area contributed by atoms with Crippen molar-refractivity contribution in [1.82, 2.24) is 5.32 Å². The van der Waals surface area contributed by atoms with E-state index in [-0.39, 0.29) is 11.9 Å². The fourth-order valence-corrected chi connectivity index (χ4v) is 2.61. The Hall–Kier alpha value is -1.32. The summed E-state index contributed by atoms with van der Waals surface area (Å²) < 4.78 is 14.1. The topological polar surface area (TPSA) is 12.0 Å². The van der Waals surface area contributed by atoms with Crippen molar-refractivity contribution in [1.29, 1.82) is 0 Å². The second-order valence-corrected chi connectivity index (χ2v) is 5.56. The fourth-order valence-electron chi connectivity index (χ4n) is 2.20. The Labute approximate surface area is 124 Å². The zero-order chi connectivity index (χ0) is 14.4. The molecular formula is C17H20FNS. The van der Waals surface area contributed by atoms with E-state index >= 15 is 0 Å². The zero-order valence-electron chi connectivity index (χ0n) is 11.9. The molecular weight excluding hydrogens is 269 g/mol. The zero-order valence-corrected chi connectivity index (χ0v) is 12.7. The molecule has 0 aliphatic rings. The van der Waals surface area contributed by atoms with Gasteiger partial charge in [0, 0.05) is 10.5 Å². The molecule has 0 bridgehead atoms. The minimum atomic E-state index is -0.157. The van der Waals surface area contributed by atoms with Crippen molar-refractivity contribution >= 4 is 11.8 Å². The van der Waals surface area contributed by atoms with Gasteiger partial charge in [-0.3, -0.25) is 0 Å². The molecule has 0 aromatic heterocycles. The first-order valence-electron chi connectivity index (χ1n) is 6.88. The molecule has 2 aromatic carbocycles. The molecule has 20 heavy (non-hydrogen) atoms. The van der Waals surface area contributed by atoms with Gasteiger partial charge in [0.25, 0.3) is 0 Å². The summed E-state index contributed by atoms with van der Waals surface area (Å²) in [5, 5.41) is 3.43. The molecule has 3 heteroatoms. The van der Waals surface area contributed by atoms with Crippen molar-refractivity contribution in [3.8, 4) is 0 Å². The number of hydrogen-bond donors (Lipinski definition) is 1. The lowest BCUT2D eigenvalue weighted by Crippen LogP contribution is -2.24. The van der Waals surface area contributed by atoms with Gasteiger partial charge < -0.3 is 5.32 Å². The van der Waals surface area contributed by atoms with Crippen molar-refractivity contribution < 1.29 is 4.39 Å².